The van der Waals surface area contributed by atoms with Crippen LogP contribution in [0, 0.1) is 5.41 Å². The second-order valence-corrected chi connectivity index (χ2v) is 6.61. The van der Waals surface area contributed by atoms with Gasteiger partial charge in [0.2, 0.25) is 0 Å². The van der Waals surface area contributed by atoms with Crippen LogP contribution in [0.4, 0.5) is 0 Å². The van der Waals surface area contributed by atoms with Crippen LogP contribution in [0.25, 0.3) is 0 Å². The summed E-state index contributed by atoms with van der Waals surface area (Å²) < 4.78 is 0. The highest BCUT2D eigenvalue weighted by Crippen LogP contribution is 2.44. The van der Waals surface area contributed by atoms with Gasteiger partial charge in [-0.25, -0.2) is 0 Å². The Morgan fingerprint density at radius 1 is 0.444 bits per heavy atom. The highest BCUT2D eigenvalue weighted by molar-refractivity contribution is 5.77. The van der Waals surface area contributed by atoms with Crippen molar-refractivity contribution < 1.29 is 0 Å². The minimum Gasteiger partial charge on any atom is -0.308 e. The summed E-state index contributed by atoms with van der Waals surface area (Å²) >= 11 is 0. The van der Waals surface area contributed by atoms with Gasteiger partial charge in [-0.2, -0.15) is 0 Å². The minimum atomic E-state index is -0.412. The number of nitrogens with one attached hydrogen (secondary N) is 1. The predicted octanol–water partition coefficient (Wildman–Crippen LogP) is 6.07. The standard InChI is InChI=1S/C26H21N/c27-20-21-16-18-25(19-17-21)26(22-10-4-1-5-11-22,23-12-6-2-7-13-23)24-14-8-3-9-15-24/h1-20,27H. The van der Waals surface area contributed by atoms with Crippen molar-refractivity contribution in [3.8, 4) is 0 Å². The van der Waals surface area contributed by atoms with Gasteiger partial charge in [0.15, 0.2) is 0 Å². The molecule has 0 saturated carbocycles. The summed E-state index contributed by atoms with van der Waals surface area (Å²) in [5.74, 6) is 0. The Balaban J connectivity index is 2.10. The lowest BCUT2D eigenvalue weighted by atomic mass is 9.65. The first-order valence-electron chi connectivity index (χ1n) is 9.13. The second kappa shape index (κ2) is 7.43. The molecule has 0 fully saturated rings. The maximum atomic E-state index is 7.54. The lowest BCUT2D eigenvalue weighted by Gasteiger charge is -2.36. The van der Waals surface area contributed by atoms with E-state index in [1.54, 1.807) is 0 Å². The summed E-state index contributed by atoms with van der Waals surface area (Å²) in [5.41, 5.74) is 5.36. The fourth-order valence-electron chi connectivity index (χ4n) is 3.89. The van der Waals surface area contributed by atoms with Crippen LogP contribution >= 0.6 is 0 Å². The molecule has 0 aliphatic carbocycles. The fourth-order valence-corrected chi connectivity index (χ4v) is 3.89. The summed E-state index contributed by atoms with van der Waals surface area (Å²) in [6.07, 6.45) is 1.39. The number of benzene rings is 4. The van der Waals surface area contributed by atoms with E-state index in [1.165, 1.54) is 28.5 Å². The molecule has 1 heteroatoms. The van der Waals surface area contributed by atoms with Crippen LogP contribution in [0.2, 0.25) is 0 Å². The van der Waals surface area contributed by atoms with Gasteiger partial charge < -0.3 is 5.41 Å². The molecule has 130 valence electrons. The van der Waals surface area contributed by atoms with Crippen LogP contribution in [-0.2, 0) is 5.41 Å². The smallest absolute Gasteiger partial charge is 0.0701 e. The van der Waals surface area contributed by atoms with Crippen molar-refractivity contribution in [2.24, 2.45) is 0 Å². The molecule has 4 aromatic carbocycles. The Hall–Kier alpha value is -3.45. The zero-order valence-corrected chi connectivity index (χ0v) is 15.0. The molecule has 1 N–H and O–H groups in total. The van der Waals surface area contributed by atoms with Crippen molar-refractivity contribution in [1.82, 2.24) is 0 Å². The van der Waals surface area contributed by atoms with Crippen molar-refractivity contribution >= 4 is 6.21 Å². The zero-order chi connectivity index (χ0) is 18.5. The van der Waals surface area contributed by atoms with Gasteiger partial charge in [-0.15, -0.1) is 0 Å². The fraction of sp³-hybridized carbons (Fsp3) is 0.0385. The molecule has 0 aliphatic rings. The largest absolute Gasteiger partial charge is 0.308 e. The topological polar surface area (TPSA) is 23.9 Å². The molecule has 4 rings (SSSR count). The molecule has 0 aliphatic heterocycles. The van der Waals surface area contributed by atoms with E-state index in [4.69, 9.17) is 5.41 Å². The molecule has 1 nitrogen and oxygen atoms in total. The molecular weight excluding hydrogens is 326 g/mol. The summed E-state index contributed by atoms with van der Waals surface area (Å²) in [5, 5.41) is 7.54. The van der Waals surface area contributed by atoms with Crippen LogP contribution in [0.5, 0.6) is 0 Å². The van der Waals surface area contributed by atoms with E-state index in [-0.39, 0.29) is 0 Å². The van der Waals surface area contributed by atoms with E-state index in [2.05, 4.69) is 103 Å². The van der Waals surface area contributed by atoms with Gasteiger partial charge in [-0.1, -0.05) is 115 Å². The molecule has 4 aromatic rings. The third kappa shape index (κ3) is 2.98. The first-order valence-corrected chi connectivity index (χ1v) is 9.13. The Labute approximate surface area is 160 Å². The maximum Gasteiger partial charge on any atom is 0.0701 e. The molecular formula is C26H21N. The lowest BCUT2D eigenvalue weighted by molar-refractivity contribution is 0.745. The van der Waals surface area contributed by atoms with Crippen LogP contribution in [0.3, 0.4) is 0 Å². The quantitative estimate of drug-likeness (QED) is 0.335. The van der Waals surface area contributed by atoms with E-state index < -0.39 is 5.41 Å². The van der Waals surface area contributed by atoms with Gasteiger partial charge >= 0.3 is 0 Å². The number of hydrogen-bond donors (Lipinski definition) is 1. The molecule has 0 bridgehead atoms. The van der Waals surface area contributed by atoms with Crippen LogP contribution in [0.15, 0.2) is 115 Å². The summed E-state index contributed by atoms with van der Waals surface area (Å²) in [7, 11) is 0. The average molecular weight is 347 g/mol. The van der Waals surface area contributed by atoms with Gasteiger partial charge in [0, 0.05) is 6.21 Å². The normalized spacial score (nSPS) is 11.1. The maximum absolute atomic E-state index is 7.54. The highest BCUT2D eigenvalue weighted by Gasteiger charge is 2.37. The predicted molar refractivity (Wildman–Crippen MR) is 113 cm³/mol. The third-order valence-electron chi connectivity index (χ3n) is 5.13. The van der Waals surface area contributed by atoms with E-state index >= 15 is 0 Å². The van der Waals surface area contributed by atoms with Crippen molar-refractivity contribution in [2.75, 3.05) is 0 Å². The Bertz CT molecular complexity index is 907. The first kappa shape index (κ1) is 17.0. The summed E-state index contributed by atoms with van der Waals surface area (Å²) in [6, 6.07) is 40.3. The molecule has 0 saturated heterocycles. The molecule has 0 spiro atoms. The SMILES string of the molecule is N=Cc1ccc(C(c2ccccc2)(c2ccccc2)c2ccccc2)cc1. The van der Waals surface area contributed by atoms with Crippen LogP contribution in [-0.4, -0.2) is 6.21 Å². The third-order valence-corrected chi connectivity index (χ3v) is 5.13. The van der Waals surface area contributed by atoms with Crippen molar-refractivity contribution in [1.29, 1.82) is 5.41 Å². The van der Waals surface area contributed by atoms with Gasteiger partial charge in [-0.3, -0.25) is 0 Å². The molecule has 0 aromatic heterocycles. The van der Waals surface area contributed by atoms with Crippen molar-refractivity contribution in [3.05, 3.63) is 143 Å². The monoisotopic (exact) mass is 347 g/mol. The molecule has 0 unspecified atom stereocenters. The van der Waals surface area contributed by atoms with E-state index in [0.717, 1.165) is 5.56 Å². The zero-order valence-electron chi connectivity index (χ0n) is 15.0. The molecule has 0 heterocycles. The van der Waals surface area contributed by atoms with Gasteiger partial charge in [-0.05, 0) is 27.8 Å². The van der Waals surface area contributed by atoms with Crippen LogP contribution < -0.4 is 0 Å². The number of hydrogen-bond acceptors (Lipinski definition) is 1. The molecule has 0 atom stereocenters. The Kier molecular flexibility index (Phi) is 4.67. The minimum absolute atomic E-state index is 0.412. The molecule has 0 radical (unpaired) electrons. The van der Waals surface area contributed by atoms with Gasteiger partial charge in [0.1, 0.15) is 0 Å². The summed E-state index contributed by atoms with van der Waals surface area (Å²) in [4.78, 5) is 0. The van der Waals surface area contributed by atoms with Crippen LogP contribution in [0.1, 0.15) is 27.8 Å². The Morgan fingerprint density at radius 3 is 1.11 bits per heavy atom. The summed E-state index contributed by atoms with van der Waals surface area (Å²) in [6.45, 7) is 0. The lowest BCUT2D eigenvalue weighted by Crippen LogP contribution is -2.30. The van der Waals surface area contributed by atoms with Crippen molar-refractivity contribution in [3.63, 3.8) is 0 Å². The molecule has 27 heavy (non-hydrogen) atoms. The highest BCUT2D eigenvalue weighted by atomic mass is 14.4. The van der Waals surface area contributed by atoms with Gasteiger partial charge in [0.05, 0.1) is 5.41 Å². The van der Waals surface area contributed by atoms with E-state index in [9.17, 15) is 0 Å². The first-order chi connectivity index (χ1) is 13.4. The average Bonchev–Trinajstić information content (AvgIpc) is 2.77. The molecule has 0 amide bonds. The van der Waals surface area contributed by atoms with Gasteiger partial charge in [0.25, 0.3) is 0 Å². The Morgan fingerprint density at radius 2 is 0.778 bits per heavy atom. The number of rotatable bonds is 5. The van der Waals surface area contributed by atoms with E-state index in [1.807, 2.05) is 12.1 Å². The second-order valence-electron chi connectivity index (χ2n) is 6.61. The van der Waals surface area contributed by atoms with Crippen molar-refractivity contribution in [2.45, 2.75) is 5.41 Å². The van der Waals surface area contributed by atoms with E-state index in [0.29, 0.717) is 0 Å².